The molecule has 306 valence electrons. The van der Waals surface area contributed by atoms with Crippen molar-refractivity contribution in [3.63, 3.8) is 0 Å². The van der Waals surface area contributed by atoms with Crippen LogP contribution in [0.2, 0.25) is 0 Å². The number of hydrogen-bond acceptors (Lipinski definition) is 6. The van der Waals surface area contributed by atoms with E-state index in [-0.39, 0.29) is 35.4 Å². The third-order valence-corrected chi connectivity index (χ3v) is 13.2. The molecule has 1 saturated carbocycles. The minimum atomic E-state index is -0.659. The van der Waals surface area contributed by atoms with Crippen LogP contribution in [0.15, 0.2) is 84.5 Å². The summed E-state index contributed by atoms with van der Waals surface area (Å²) in [6.07, 6.45) is 16.7. The molecule has 2 aliphatic carbocycles. The average Bonchev–Trinajstić information content (AvgIpc) is 4.08. The third-order valence-electron chi connectivity index (χ3n) is 13.2. The summed E-state index contributed by atoms with van der Waals surface area (Å²) in [4.78, 5) is 30.3. The van der Waals surface area contributed by atoms with E-state index in [1.807, 2.05) is 18.7 Å². The highest BCUT2D eigenvalue weighted by molar-refractivity contribution is 5.86. The zero-order valence-electron chi connectivity index (χ0n) is 35.1. The first kappa shape index (κ1) is 39.7. The standard InChI is InChI=1S/C48H61N7O3/c1-30(2)45(49-47(57)58-6)46(56)54-27-9-12-44(54)41-29-40(52-53-41)33-15-19-35(20-16-33)43-26-25-42(55(43)37-23-21-36(22-24-37)48(3,4)5)34-17-13-32(14-18-34)39-28-38(50-51-39)31-10-7-8-11-31/h13,15-24,28-32,42-45H,7-12,14,25-27H2,1-6H3,(H,49,57)(H,50,51)(H,52,53). The zero-order chi connectivity index (χ0) is 40.6. The number of likely N-dealkylation sites (tertiary alicyclic amines) is 1. The van der Waals surface area contributed by atoms with Crippen LogP contribution < -0.4 is 10.2 Å². The van der Waals surface area contributed by atoms with Gasteiger partial charge in [0.25, 0.3) is 0 Å². The second-order valence-electron chi connectivity index (χ2n) is 18.3. The Labute approximate surface area is 343 Å². The van der Waals surface area contributed by atoms with Crippen molar-refractivity contribution in [1.82, 2.24) is 30.6 Å². The van der Waals surface area contributed by atoms with E-state index in [0.29, 0.717) is 18.4 Å². The molecule has 5 atom stereocenters. The highest BCUT2D eigenvalue weighted by atomic mass is 16.5. The van der Waals surface area contributed by atoms with Crippen molar-refractivity contribution >= 4 is 17.7 Å². The molecule has 2 aromatic carbocycles. The van der Waals surface area contributed by atoms with E-state index in [1.165, 1.54) is 66.6 Å². The van der Waals surface area contributed by atoms with Crippen LogP contribution in [0, 0.1) is 5.92 Å². The number of benzene rings is 2. The molecule has 0 spiro atoms. The molecule has 2 amide bonds. The number of carbonyl (C=O) groups is 2. The van der Waals surface area contributed by atoms with Gasteiger partial charge in [0.15, 0.2) is 0 Å². The van der Waals surface area contributed by atoms with Gasteiger partial charge in [0.2, 0.25) is 5.91 Å². The third kappa shape index (κ3) is 8.12. The quantitative estimate of drug-likeness (QED) is 0.147. The first-order chi connectivity index (χ1) is 28.0. The largest absolute Gasteiger partial charge is 0.453 e. The Bertz CT molecular complexity index is 2120. The number of methoxy groups -OCH3 is 1. The normalized spacial score (nSPS) is 23.1. The van der Waals surface area contributed by atoms with E-state index < -0.39 is 12.1 Å². The van der Waals surface area contributed by atoms with Crippen LogP contribution >= 0.6 is 0 Å². The van der Waals surface area contributed by atoms with Gasteiger partial charge in [-0.05, 0) is 97.2 Å². The first-order valence-corrected chi connectivity index (χ1v) is 21.6. The number of aromatic nitrogens is 4. The minimum absolute atomic E-state index is 0.0806. The van der Waals surface area contributed by atoms with Crippen molar-refractivity contribution in [1.29, 1.82) is 0 Å². The molecule has 3 N–H and O–H groups in total. The Morgan fingerprint density at radius 2 is 1.57 bits per heavy atom. The molecule has 2 aromatic heterocycles. The van der Waals surface area contributed by atoms with Gasteiger partial charge in [0, 0.05) is 35.3 Å². The summed E-state index contributed by atoms with van der Waals surface area (Å²) in [5, 5.41) is 18.8. The Balaban J connectivity index is 1.00. The number of H-pyrrole nitrogens is 2. The number of nitrogens with one attached hydrogen (secondary N) is 3. The van der Waals surface area contributed by atoms with E-state index in [4.69, 9.17) is 14.9 Å². The molecule has 0 bridgehead atoms. The predicted octanol–water partition coefficient (Wildman–Crippen LogP) is 10.2. The molecular formula is C48H61N7O3. The van der Waals surface area contributed by atoms with Crippen molar-refractivity contribution in [2.75, 3.05) is 18.6 Å². The Kier molecular flexibility index (Phi) is 11.4. The van der Waals surface area contributed by atoms with E-state index in [0.717, 1.165) is 49.1 Å². The van der Waals surface area contributed by atoms with Crippen molar-refractivity contribution in [2.24, 2.45) is 5.92 Å². The lowest BCUT2D eigenvalue weighted by atomic mass is 9.87. The Morgan fingerprint density at radius 1 is 0.845 bits per heavy atom. The maximum atomic E-state index is 13.7. The number of rotatable bonds is 10. The van der Waals surface area contributed by atoms with Crippen molar-refractivity contribution in [2.45, 2.75) is 134 Å². The van der Waals surface area contributed by atoms with E-state index >= 15 is 0 Å². The SMILES string of the molecule is COC(=O)NC(C(=O)N1CCCC1c1cc(-c2ccc(C3CCC(C4=CCC(c5cc(C6CCCC6)n[nH]5)C=C4)N3c3ccc(C(C)(C)C)cc3)cc2)n[nH]1)C(C)C. The fourth-order valence-corrected chi connectivity index (χ4v) is 9.81. The van der Waals surface area contributed by atoms with Crippen molar-refractivity contribution in [3.8, 4) is 11.3 Å². The highest BCUT2D eigenvalue weighted by Gasteiger charge is 2.39. The van der Waals surface area contributed by atoms with Crippen LogP contribution in [0.4, 0.5) is 10.5 Å². The second-order valence-corrected chi connectivity index (χ2v) is 18.3. The molecule has 4 aliphatic rings. The predicted molar refractivity (Wildman–Crippen MR) is 230 cm³/mol. The zero-order valence-corrected chi connectivity index (χ0v) is 35.1. The van der Waals surface area contributed by atoms with Crippen LogP contribution in [0.25, 0.3) is 11.3 Å². The minimum Gasteiger partial charge on any atom is -0.453 e. The average molecular weight is 784 g/mol. The summed E-state index contributed by atoms with van der Waals surface area (Å²) in [5.41, 5.74) is 10.6. The van der Waals surface area contributed by atoms with Gasteiger partial charge in [0.1, 0.15) is 6.04 Å². The lowest BCUT2D eigenvalue weighted by Gasteiger charge is -2.35. The van der Waals surface area contributed by atoms with E-state index in [2.05, 4.69) is 120 Å². The topological polar surface area (TPSA) is 119 Å². The Morgan fingerprint density at radius 3 is 2.24 bits per heavy atom. The van der Waals surface area contributed by atoms with Crippen LogP contribution in [-0.2, 0) is 14.9 Å². The molecule has 3 fully saturated rings. The molecule has 0 radical (unpaired) electrons. The molecule has 10 heteroatoms. The van der Waals surface area contributed by atoms with Gasteiger partial charge in [-0.15, -0.1) is 0 Å². The molecule has 4 heterocycles. The maximum absolute atomic E-state index is 13.7. The van der Waals surface area contributed by atoms with Gasteiger partial charge in [-0.25, -0.2) is 4.79 Å². The molecule has 58 heavy (non-hydrogen) atoms. The fraction of sp³-hybridized carbons (Fsp3) is 0.500. The van der Waals surface area contributed by atoms with Crippen LogP contribution in [0.5, 0.6) is 0 Å². The van der Waals surface area contributed by atoms with Crippen LogP contribution in [-0.4, -0.2) is 63.0 Å². The lowest BCUT2D eigenvalue weighted by Crippen LogP contribution is -2.51. The number of hydrogen-bond donors (Lipinski definition) is 3. The number of ether oxygens (including phenoxy) is 1. The summed E-state index contributed by atoms with van der Waals surface area (Å²) in [6.45, 7) is 11.3. The van der Waals surface area contributed by atoms with E-state index in [1.54, 1.807) is 0 Å². The number of aromatic amines is 2. The highest BCUT2D eigenvalue weighted by Crippen LogP contribution is 2.45. The lowest BCUT2D eigenvalue weighted by molar-refractivity contribution is -0.135. The summed E-state index contributed by atoms with van der Waals surface area (Å²) in [7, 11) is 1.32. The van der Waals surface area contributed by atoms with Crippen LogP contribution in [0.3, 0.4) is 0 Å². The first-order valence-electron chi connectivity index (χ1n) is 21.6. The summed E-state index contributed by atoms with van der Waals surface area (Å²) in [6, 6.07) is 22.3. The number of carbonyl (C=O) groups excluding carboxylic acids is 2. The number of alkyl carbamates (subject to hydrolysis) is 1. The van der Waals surface area contributed by atoms with E-state index in [9.17, 15) is 9.59 Å². The molecular weight excluding hydrogens is 723 g/mol. The number of nitrogens with zero attached hydrogens (tertiary/aromatic N) is 4. The molecule has 8 rings (SSSR count). The smallest absolute Gasteiger partial charge is 0.407 e. The molecule has 2 saturated heterocycles. The molecule has 5 unspecified atom stereocenters. The number of anilines is 1. The number of amides is 2. The maximum Gasteiger partial charge on any atom is 0.407 e. The summed E-state index contributed by atoms with van der Waals surface area (Å²) in [5.74, 6) is 0.769. The van der Waals surface area contributed by atoms with Gasteiger partial charge in [-0.2, -0.15) is 10.2 Å². The fourth-order valence-electron chi connectivity index (χ4n) is 9.81. The second kappa shape index (κ2) is 16.6. The van der Waals surface area contributed by atoms with Crippen LogP contribution in [0.1, 0.15) is 145 Å². The van der Waals surface area contributed by atoms with Gasteiger partial charge in [0.05, 0.1) is 42.3 Å². The molecule has 2 aliphatic heterocycles. The van der Waals surface area contributed by atoms with Gasteiger partial charge in [-0.1, -0.05) is 102 Å². The van der Waals surface area contributed by atoms with Gasteiger partial charge in [-0.3, -0.25) is 15.0 Å². The molecule has 4 aromatic rings. The van der Waals surface area contributed by atoms with Crippen molar-refractivity contribution < 1.29 is 14.3 Å². The molecule has 10 nitrogen and oxygen atoms in total. The van der Waals surface area contributed by atoms with Gasteiger partial charge >= 0.3 is 6.09 Å². The monoisotopic (exact) mass is 783 g/mol. The number of allylic oxidation sites excluding steroid dienone is 2. The Hall–Kier alpha value is -5.12. The van der Waals surface area contributed by atoms with Crippen molar-refractivity contribution in [3.05, 3.63) is 113 Å². The van der Waals surface area contributed by atoms with Gasteiger partial charge < -0.3 is 19.9 Å². The summed E-state index contributed by atoms with van der Waals surface area (Å²) >= 11 is 0. The summed E-state index contributed by atoms with van der Waals surface area (Å²) < 4.78 is 4.81.